The molecule has 0 aliphatic carbocycles. The number of nitrogens with zero attached hydrogens (tertiary/aromatic N) is 3. The Balaban J connectivity index is 1.31. The molecule has 30 heavy (non-hydrogen) atoms. The van der Waals surface area contributed by atoms with Gasteiger partial charge in [-0.1, -0.05) is 12.1 Å². The van der Waals surface area contributed by atoms with Crippen molar-refractivity contribution in [3.05, 3.63) is 94.8 Å². The Morgan fingerprint density at radius 3 is 2.43 bits per heavy atom. The van der Waals surface area contributed by atoms with Crippen LogP contribution in [0.4, 0.5) is 11.4 Å². The van der Waals surface area contributed by atoms with Crippen molar-refractivity contribution in [2.24, 2.45) is 0 Å². The first-order valence-electron chi connectivity index (χ1n) is 9.41. The van der Waals surface area contributed by atoms with Crippen molar-refractivity contribution < 1.29 is 9.72 Å². The van der Waals surface area contributed by atoms with E-state index < -0.39 is 4.92 Å². The van der Waals surface area contributed by atoms with Gasteiger partial charge in [-0.25, -0.2) is 4.98 Å². The second kappa shape index (κ2) is 8.44. The zero-order valence-electron chi connectivity index (χ0n) is 16.0. The zero-order valence-corrected chi connectivity index (χ0v) is 16.0. The molecule has 150 valence electrons. The number of carbonyl (C=O) groups is 1. The molecule has 0 saturated heterocycles. The van der Waals surface area contributed by atoms with Crippen LogP contribution < -0.4 is 10.6 Å². The second-order valence-corrected chi connectivity index (χ2v) is 6.64. The number of nitro groups is 1. The Bertz CT molecular complexity index is 1180. The molecular weight excluding hydrogens is 382 g/mol. The number of aromatic nitrogens is 2. The molecule has 3 aromatic carbocycles. The van der Waals surface area contributed by atoms with Gasteiger partial charge in [-0.15, -0.1) is 0 Å². The number of non-ortho nitro benzene ring substituents is 1. The summed E-state index contributed by atoms with van der Waals surface area (Å²) >= 11 is 0. The number of nitro benzene ring substituents is 1. The molecule has 1 aromatic heterocycles. The number of carbonyl (C=O) groups excluding carboxylic acids is 1. The average Bonchev–Trinajstić information content (AvgIpc) is 3.21. The minimum atomic E-state index is -0.440. The Kier molecular flexibility index (Phi) is 5.38. The topological polar surface area (TPSA) is 102 Å². The largest absolute Gasteiger partial charge is 0.383 e. The van der Waals surface area contributed by atoms with Gasteiger partial charge in [0.05, 0.1) is 16.0 Å². The third-order valence-electron chi connectivity index (χ3n) is 4.68. The number of benzene rings is 3. The van der Waals surface area contributed by atoms with Crippen LogP contribution in [-0.4, -0.2) is 33.5 Å². The van der Waals surface area contributed by atoms with E-state index in [2.05, 4.69) is 15.6 Å². The summed E-state index contributed by atoms with van der Waals surface area (Å²) < 4.78 is 1.98. The molecule has 0 aliphatic heterocycles. The van der Waals surface area contributed by atoms with Crippen molar-refractivity contribution in [1.29, 1.82) is 0 Å². The fourth-order valence-corrected chi connectivity index (χ4v) is 3.12. The van der Waals surface area contributed by atoms with Crippen LogP contribution in [-0.2, 0) is 0 Å². The van der Waals surface area contributed by atoms with Gasteiger partial charge in [0, 0.05) is 42.2 Å². The summed E-state index contributed by atoms with van der Waals surface area (Å²) in [7, 11) is 0. The molecule has 8 nitrogen and oxygen atoms in total. The van der Waals surface area contributed by atoms with Crippen molar-refractivity contribution in [1.82, 2.24) is 14.9 Å². The summed E-state index contributed by atoms with van der Waals surface area (Å²) in [6.07, 6.45) is 1.77. The normalized spacial score (nSPS) is 10.7. The highest BCUT2D eigenvalue weighted by molar-refractivity contribution is 5.94. The molecule has 1 heterocycles. The van der Waals surface area contributed by atoms with E-state index in [4.69, 9.17) is 0 Å². The maximum Gasteiger partial charge on any atom is 0.269 e. The maximum absolute atomic E-state index is 12.4. The molecule has 0 fully saturated rings. The zero-order chi connectivity index (χ0) is 20.9. The van der Waals surface area contributed by atoms with Gasteiger partial charge < -0.3 is 10.6 Å². The molecule has 0 bridgehead atoms. The number of fused-ring (bicyclic) bond motifs is 1. The van der Waals surface area contributed by atoms with E-state index >= 15 is 0 Å². The average molecular weight is 401 g/mol. The molecular formula is C22H19N5O3. The predicted molar refractivity (Wildman–Crippen MR) is 115 cm³/mol. The van der Waals surface area contributed by atoms with Crippen molar-refractivity contribution >= 4 is 28.3 Å². The Hall–Kier alpha value is -4.20. The fraction of sp³-hybridized carbons (Fsp3) is 0.0909. The molecule has 0 saturated carbocycles. The molecule has 0 aliphatic rings. The predicted octanol–water partition coefficient (Wildman–Crippen LogP) is 3.78. The summed E-state index contributed by atoms with van der Waals surface area (Å²) in [5, 5.41) is 16.6. The van der Waals surface area contributed by atoms with E-state index in [0.717, 1.165) is 22.4 Å². The summed E-state index contributed by atoms with van der Waals surface area (Å²) in [4.78, 5) is 27.0. The second-order valence-electron chi connectivity index (χ2n) is 6.64. The molecule has 4 rings (SSSR count). The van der Waals surface area contributed by atoms with E-state index in [0.29, 0.717) is 18.7 Å². The summed E-state index contributed by atoms with van der Waals surface area (Å²) in [5.74, 6) is -0.164. The lowest BCUT2D eigenvalue weighted by Crippen LogP contribution is -2.28. The van der Waals surface area contributed by atoms with Crippen LogP contribution in [0.3, 0.4) is 0 Å². The molecule has 2 N–H and O–H groups in total. The molecule has 0 unspecified atom stereocenters. The lowest BCUT2D eigenvalue weighted by molar-refractivity contribution is -0.384. The number of hydrogen-bond acceptors (Lipinski definition) is 5. The van der Waals surface area contributed by atoms with Gasteiger partial charge >= 0.3 is 0 Å². The first kappa shape index (κ1) is 19.1. The molecule has 4 aromatic rings. The number of imidazole rings is 1. The van der Waals surface area contributed by atoms with Gasteiger partial charge in [0.2, 0.25) is 0 Å². The van der Waals surface area contributed by atoms with Gasteiger partial charge in [-0.2, -0.15) is 0 Å². The van der Waals surface area contributed by atoms with Crippen molar-refractivity contribution in [2.75, 3.05) is 18.4 Å². The molecule has 0 atom stereocenters. The van der Waals surface area contributed by atoms with Crippen molar-refractivity contribution in [3.8, 4) is 5.69 Å². The summed E-state index contributed by atoms with van der Waals surface area (Å²) in [5.41, 5.74) is 4.22. The SMILES string of the molecule is O=C(NCCNc1ccc([N+](=O)[O-])cc1)c1ccc(-n2cnc3ccccc32)cc1. The molecule has 0 spiro atoms. The number of rotatable bonds is 7. The first-order valence-corrected chi connectivity index (χ1v) is 9.41. The van der Waals surface area contributed by atoms with Gasteiger partial charge in [-0.05, 0) is 48.5 Å². The van der Waals surface area contributed by atoms with E-state index in [1.165, 1.54) is 12.1 Å². The monoisotopic (exact) mass is 401 g/mol. The van der Waals surface area contributed by atoms with Crippen molar-refractivity contribution in [2.45, 2.75) is 0 Å². The number of nitrogens with one attached hydrogen (secondary N) is 2. The van der Waals surface area contributed by atoms with Gasteiger partial charge in [-0.3, -0.25) is 19.5 Å². The third-order valence-corrected chi connectivity index (χ3v) is 4.68. The van der Waals surface area contributed by atoms with E-state index in [1.54, 1.807) is 30.6 Å². The number of amides is 1. The minimum absolute atomic E-state index is 0.0426. The third kappa shape index (κ3) is 4.12. The summed E-state index contributed by atoms with van der Waals surface area (Å²) in [6, 6.07) is 21.4. The fourth-order valence-electron chi connectivity index (χ4n) is 3.12. The van der Waals surface area contributed by atoms with Gasteiger partial charge in [0.15, 0.2) is 0 Å². The highest BCUT2D eigenvalue weighted by Gasteiger charge is 2.08. The van der Waals surface area contributed by atoms with E-state index in [1.807, 2.05) is 41.0 Å². The van der Waals surface area contributed by atoms with E-state index in [9.17, 15) is 14.9 Å². The lowest BCUT2D eigenvalue weighted by Gasteiger charge is -2.09. The standard InChI is InChI=1S/C22H19N5O3/c28-22(24-14-13-23-17-7-11-19(12-8-17)27(29)30)16-5-9-18(10-6-16)26-15-25-20-3-1-2-4-21(20)26/h1-12,15,23H,13-14H2,(H,24,28). The Morgan fingerprint density at radius 2 is 1.70 bits per heavy atom. The van der Waals surface area contributed by atoms with Crippen LogP contribution in [0.2, 0.25) is 0 Å². The Labute approximate surface area is 172 Å². The molecule has 1 amide bonds. The van der Waals surface area contributed by atoms with Crippen LogP contribution in [0.25, 0.3) is 16.7 Å². The highest BCUT2D eigenvalue weighted by Crippen LogP contribution is 2.18. The van der Waals surface area contributed by atoms with Crippen LogP contribution in [0.1, 0.15) is 10.4 Å². The lowest BCUT2D eigenvalue weighted by atomic mass is 10.2. The smallest absolute Gasteiger partial charge is 0.269 e. The van der Waals surface area contributed by atoms with Crippen LogP contribution >= 0.6 is 0 Å². The van der Waals surface area contributed by atoms with Crippen LogP contribution in [0, 0.1) is 10.1 Å². The quantitative estimate of drug-likeness (QED) is 0.279. The number of hydrogen-bond donors (Lipinski definition) is 2. The van der Waals surface area contributed by atoms with Crippen LogP contribution in [0.5, 0.6) is 0 Å². The van der Waals surface area contributed by atoms with Gasteiger partial charge in [0.1, 0.15) is 6.33 Å². The van der Waals surface area contributed by atoms with E-state index in [-0.39, 0.29) is 11.6 Å². The molecule has 8 heteroatoms. The number of anilines is 1. The number of para-hydroxylation sites is 2. The first-order chi connectivity index (χ1) is 14.6. The summed E-state index contributed by atoms with van der Waals surface area (Å²) in [6.45, 7) is 0.923. The van der Waals surface area contributed by atoms with Crippen LogP contribution in [0.15, 0.2) is 79.1 Å². The maximum atomic E-state index is 12.4. The highest BCUT2D eigenvalue weighted by atomic mass is 16.6. The minimum Gasteiger partial charge on any atom is -0.383 e. The Morgan fingerprint density at radius 1 is 0.967 bits per heavy atom. The van der Waals surface area contributed by atoms with Crippen molar-refractivity contribution in [3.63, 3.8) is 0 Å². The van der Waals surface area contributed by atoms with Gasteiger partial charge in [0.25, 0.3) is 11.6 Å². The molecule has 0 radical (unpaired) electrons.